The summed E-state index contributed by atoms with van der Waals surface area (Å²) in [5.41, 5.74) is 2.80. The van der Waals surface area contributed by atoms with Crippen molar-refractivity contribution in [2.45, 2.75) is 38.0 Å². The Morgan fingerprint density at radius 3 is 2.58 bits per heavy atom. The van der Waals surface area contributed by atoms with Gasteiger partial charge in [0, 0.05) is 4.90 Å². The van der Waals surface area contributed by atoms with E-state index in [1.165, 1.54) is 24.0 Å². The van der Waals surface area contributed by atoms with Crippen molar-refractivity contribution in [3.8, 4) is 0 Å². The minimum atomic E-state index is 1.08. The van der Waals surface area contributed by atoms with Crippen LogP contribution in [0.3, 0.4) is 0 Å². The van der Waals surface area contributed by atoms with Gasteiger partial charge < -0.3 is 0 Å². The van der Waals surface area contributed by atoms with Crippen molar-refractivity contribution in [3.05, 3.63) is 29.3 Å². The van der Waals surface area contributed by atoms with E-state index in [4.69, 9.17) is 0 Å². The number of aryl methyl sites for hydroxylation is 2. The van der Waals surface area contributed by atoms with Gasteiger partial charge >= 0.3 is 0 Å². The van der Waals surface area contributed by atoms with Crippen molar-refractivity contribution in [2.75, 3.05) is 0 Å². The van der Waals surface area contributed by atoms with Gasteiger partial charge in [0.2, 0.25) is 0 Å². The molecule has 0 spiro atoms. The van der Waals surface area contributed by atoms with Gasteiger partial charge in [0.1, 0.15) is 0 Å². The fourth-order valence-electron chi connectivity index (χ4n) is 1.37. The second-order valence-electron chi connectivity index (χ2n) is 3.07. The highest BCUT2D eigenvalue weighted by Gasteiger charge is 1.97. The quantitative estimate of drug-likeness (QED) is 0.676. The van der Waals surface area contributed by atoms with Crippen molar-refractivity contribution in [1.82, 2.24) is 0 Å². The summed E-state index contributed by atoms with van der Waals surface area (Å²) in [6.45, 7) is 4.38. The molecule has 0 unspecified atom stereocenters. The highest BCUT2D eigenvalue weighted by atomic mass is 32.1. The minimum Gasteiger partial charge on any atom is -0.143 e. The summed E-state index contributed by atoms with van der Waals surface area (Å²) >= 11 is 4.39. The van der Waals surface area contributed by atoms with Crippen LogP contribution >= 0.6 is 12.6 Å². The van der Waals surface area contributed by atoms with Crippen LogP contribution in [0.1, 0.15) is 31.4 Å². The summed E-state index contributed by atoms with van der Waals surface area (Å²) < 4.78 is 0. The van der Waals surface area contributed by atoms with E-state index in [1.807, 2.05) is 0 Å². The molecule has 1 aromatic rings. The summed E-state index contributed by atoms with van der Waals surface area (Å²) in [6.07, 6.45) is 3.48. The van der Waals surface area contributed by atoms with Crippen LogP contribution in [0.15, 0.2) is 23.1 Å². The molecule has 0 aliphatic heterocycles. The van der Waals surface area contributed by atoms with Crippen LogP contribution in [0.25, 0.3) is 0 Å². The molecule has 1 aromatic carbocycles. The van der Waals surface area contributed by atoms with E-state index >= 15 is 0 Å². The lowest BCUT2D eigenvalue weighted by atomic mass is 10.1. The molecule has 0 nitrogen and oxygen atoms in total. The monoisotopic (exact) mass is 180 g/mol. The van der Waals surface area contributed by atoms with E-state index in [-0.39, 0.29) is 0 Å². The van der Waals surface area contributed by atoms with Crippen LogP contribution in [0.5, 0.6) is 0 Å². The molecule has 0 aromatic heterocycles. The molecule has 66 valence electrons. The highest BCUT2D eigenvalue weighted by molar-refractivity contribution is 7.80. The fourth-order valence-corrected chi connectivity index (χ4v) is 1.66. The van der Waals surface area contributed by atoms with Crippen LogP contribution in [0, 0.1) is 0 Å². The third kappa shape index (κ3) is 2.28. The molecule has 0 atom stereocenters. The molecule has 0 fully saturated rings. The Hall–Kier alpha value is -0.430. The molecule has 0 heterocycles. The van der Waals surface area contributed by atoms with Crippen molar-refractivity contribution in [2.24, 2.45) is 0 Å². The number of benzene rings is 1. The second-order valence-corrected chi connectivity index (χ2v) is 3.55. The lowest BCUT2D eigenvalue weighted by Gasteiger charge is -2.04. The van der Waals surface area contributed by atoms with Gasteiger partial charge in [-0.2, -0.15) is 0 Å². The number of hydrogen-bond acceptors (Lipinski definition) is 1. The van der Waals surface area contributed by atoms with E-state index < -0.39 is 0 Å². The average molecular weight is 180 g/mol. The van der Waals surface area contributed by atoms with Gasteiger partial charge in [0.05, 0.1) is 0 Å². The molecule has 0 bridgehead atoms. The smallest absolute Gasteiger partial charge is 0.00721 e. The third-order valence-corrected chi connectivity index (χ3v) is 2.50. The number of rotatable bonds is 3. The SMILES string of the molecule is CCCc1ccc(S)c(CC)c1. The van der Waals surface area contributed by atoms with Crippen LogP contribution in [-0.2, 0) is 12.8 Å². The van der Waals surface area contributed by atoms with Gasteiger partial charge in [0.25, 0.3) is 0 Å². The lowest BCUT2D eigenvalue weighted by Crippen LogP contribution is -1.88. The number of thiol groups is 1. The Kier molecular flexibility index (Phi) is 3.67. The van der Waals surface area contributed by atoms with Crippen LogP contribution in [0.4, 0.5) is 0 Å². The molecular weight excluding hydrogens is 164 g/mol. The van der Waals surface area contributed by atoms with E-state index in [1.54, 1.807) is 0 Å². The van der Waals surface area contributed by atoms with E-state index in [0.29, 0.717) is 0 Å². The van der Waals surface area contributed by atoms with Crippen molar-refractivity contribution < 1.29 is 0 Å². The highest BCUT2D eigenvalue weighted by Crippen LogP contribution is 2.17. The van der Waals surface area contributed by atoms with Gasteiger partial charge in [-0.3, -0.25) is 0 Å². The molecule has 0 amide bonds. The standard InChI is InChI=1S/C11H16S/c1-3-5-9-6-7-11(12)10(4-2)8-9/h6-8,12H,3-5H2,1-2H3. The van der Waals surface area contributed by atoms with Crippen molar-refractivity contribution in [3.63, 3.8) is 0 Å². The zero-order valence-corrected chi connectivity index (χ0v) is 8.70. The van der Waals surface area contributed by atoms with E-state index in [2.05, 4.69) is 44.7 Å². The Bertz CT molecular complexity index is 253. The Morgan fingerprint density at radius 1 is 1.25 bits per heavy atom. The number of hydrogen-bond donors (Lipinski definition) is 1. The molecule has 12 heavy (non-hydrogen) atoms. The first-order valence-electron chi connectivity index (χ1n) is 4.58. The predicted octanol–water partition coefficient (Wildman–Crippen LogP) is 3.49. The summed E-state index contributed by atoms with van der Waals surface area (Å²) in [7, 11) is 0. The summed E-state index contributed by atoms with van der Waals surface area (Å²) in [5.74, 6) is 0. The normalized spacial score (nSPS) is 10.2. The first kappa shape index (κ1) is 9.66. The molecule has 0 radical (unpaired) electrons. The summed E-state index contributed by atoms with van der Waals surface area (Å²) in [4.78, 5) is 1.12. The molecule has 0 aliphatic carbocycles. The second kappa shape index (κ2) is 4.56. The zero-order chi connectivity index (χ0) is 8.97. The first-order valence-corrected chi connectivity index (χ1v) is 5.03. The van der Waals surface area contributed by atoms with Gasteiger partial charge in [-0.15, -0.1) is 12.6 Å². The molecule has 0 aliphatic rings. The fraction of sp³-hybridized carbons (Fsp3) is 0.455. The molecule has 1 heteroatoms. The van der Waals surface area contributed by atoms with Gasteiger partial charge in [0.15, 0.2) is 0 Å². The maximum Gasteiger partial charge on any atom is 0.00721 e. The average Bonchev–Trinajstić information content (AvgIpc) is 2.09. The van der Waals surface area contributed by atoms with Gasteiger partial charge in [-0.1, -0.05) is 32.4 Å². The predicted molar refractivity (Wildman–Crippen MR) is 57.1 cm³/mol. The van der Waals surface area contributed by atoms with E-state index in [9.17, 15) is 0 Å². The largest absolute Gasteiger partial charge is 0.143 e. The van der Waals surface area contributed by atoms with Crippen molar-refractivity contribution >= 4 is 12.6 Å². The molecule has 1 rings (SSSR count). The van der Waals surface area contributed by atoms with E-state index in [0.717, 1.165) is 11.3 Å². The summed E-state index contributed by atoms with van der Waals surface area (Å²) in [5, 5.41) is 0. The van der Waals surface area contributed by atoms with Crippen LogP contribution < -0.4 is 0 Å². The van der Waals surface area contributed by atoms with Gasteiger partial charge in [-0.05, 0) is 30.0 Å². The topological polar surface area (TPSA) is 0 Å². The molecular formula is C11H16S. The Balaban J connectivity index is 2.89. The Morgan fingerprint density at radius 2 is 2.00 bits per heavy atom. The van der Waals surface area contributed by atoms with Crippen LogP contribution in [0.2, 0.25) is 0 Å². The minimum absolute atomic E-state index is 1.08. The van der Waals surface area contributed by atoms with Gasteiger partial charge in [-0.25, -0.2) is 0 Å². The van der Waals surface area contributed by atoms with Crippen molar-refractivity contribution in [1.29, 1.82) is 0 Å². The maximum atomic E-state index is 4.39. The maximum absolute atomic E-state index is 4.39. The first-order chi connectivity index (χ1) is 5.77. The molecule has 0 saturated heterocycles. The Labute approximate surface area is 80.4 Å². The lowest BCUT2D eigenvalue weighted by molar-refractivity contribution is 0.912. The molecule has 0 N–H and O–H groups in total. The zero-order valence-electron chi connectivity index (χ0n) is 7.80. The third-order valence-electron chi connectivity index (χ3n) is 2.06. The molecule has 0 saturated carbocycles. The summed E-state index contributed by atoms with van der Waals surface area (Å²) in [6, 6.07) is 6.55. The van der Waals surface area contributed by atoms with Crippen LogP contribution in [-0.4, -0.2) is 0 Å².